The molecule has 154 valence electrons. The van der Waals surface area contributed by atoms with Crippen LogP contribution < -0.4 is 14.8 Å². The molecule has 30 heavy (non-hydrogen) atoms. The second kappa shape index (κ2) is 8.31. The van der Waals surface area contributed by atoms with Crippen molar-refractivity contribution in [2.45, 2.75) is 0 Å². The van der Waals surface area contributed by atoms with Crippen molar-refractivity contribution in [2.75, 3.05) is 12.4 Å². The molecule has 0 spiro atoms. The molecule has 2 aromatic carbocycles. The highest BCUT2D eigenvalue weighted by Crippen LogP contribution is 2.30. The van der Waals surface area contributed by atoms with Crippen LogP contribution in [-0.2, 0) is 7.05 Å². The number of amides is 1. The topological polar surface area (TPSA) is 146 Å². The summed E-state index contributed by atoms with van der Waals surface area (Å²) in [5.74, 6) is -1.05. The molecule has 0 saturated heterocycles. The fraction of sp³-hybridized carbons (Fsp3) is 0.105. The molecular formula is C19H16N4O7. The molecule has 3 aromatic rings. The number of rotatable bonds is 7. The first-order chi connectivity index (χ1) is 14.3. The number of carbonyl (C=O) groups excluding carboxylic acids is 1. The van der Waals surface area contributed by atoms with E-state index in [2.05, 4.69) is 10.4 Å². The number of carboxylic acids is 1. The first-order valence-electron chi connectivity index (χ1n) is 8.46. The summed E-state index contributed by atoms with van der Waals surface area (Å²) >= 11 is 0. The third-order valence-corrected chi connectivity index (χ3v) is 3.93. The van der Waals surface area contributed by atoms with E-state index in [1.54, 1.807) is 24.3 Å². The summed E-state index contributed by atoms with van der Waals surface area (Å²) in [6.45, 7) is 0. The van der Waals surface area contributed by atoms with Crippen molar-refractivity contribution in [2.24, 2.45) is 7.05 Å². The third kappa shape index (κ3) is 4.52. The van der Waals surface area contributed by atoms with Gasteiger partial charge in [-0.2, -0.15) is 5.10 Å². The van der Waals surface area contributed by atoms with Crippen molar-refractivity contribution >= 4 is 23.3 Å². The van der Waals surface area contributed by atoms with E-state index in [9.17, 15) is 24.8 Å². The highest BCUT2D eigenvalue weighted by molar-refractivity contribution is 6.09. The predicted molar refractivity (Wildman–Crippen MR) is 104 cm³/mol. The average molecular weight is 412 g/mol. The summed E-state index contributed by atoms with van der Waals surface area (Å²) in [7, 11) is 2.99. The van der Waals surface area contributed by atoms with Crippen LogP contribution in [0.2, 0.25) is 0 Å². The summed E-state index contributed by atoms with van der Waals surface area (Å²) in [6, 6.07) is 10.2. The predicted octanol–water partition coefficient (Wildman–Crippen LogP) is 3.08. The second-order valence-electron chi connectivity index (χ2n) is 6.07. The van der Waals surface area contributed by atoms with Crippen LogP contribution in [0.4, 0.5) is 11.4 Å². The Bertz CT molecular complexity index is 1120. The maximum absolute atomic E-state index is 12.5. The van der Waals surface area contributed by atoms with E-state index >= 15 is 0 Å². The number of methoxy groups -OCH3 is 1. The minimum atomic E-state index is -1.32. The lowest BCUT2D eigenvalue weighted by Gasteiger charge is -2.09. The number of nitro benzene ring substituents is 1. The molecule has 1 aromatic heterocycles. The van der Waals surface area contributed by atoms with Crippen LogP contribution in [0.15, 0.2) is 48.7 Å². The zero-order valence-electron chi connectivity index (χ0n) is 15.9. The van der Waals surface area contributed by atoms with Crippen molar-refractivity contribution in [1.82, 2.24) is 9.78 Å². The first kappa shape index (κ1) is 20.3. The molecule has 11 heteroatoms. The van der Waals surface area contributed by atoms with Crippen molar-refractivity contribution in [3.63, 3.8) is 0 Å². The van der Waals surface area contributed by atoms with Gasteiger partial charge in [-0.05, 0) is 24.3 Å². The molecule has 0 atom stereocenters. The number of benzene rings is 2. The molecule has 1 amide bonds. The number of anilines is 1. The van der Waals surface area contributed by atoms with E-state index in [4.69, 9.17) is 9.47 Å². The smallest absolute Gasteiger partial charge is 0.339 e. The number of nitrogens with one attached hydrogen (secondary N) is 1. The zero-order valence-corrected chi connectivity index (χ0v) is 15.9. The number of hydrogen-bond donors (Lipinski definition) is 2. The van der Waals surface area contributed by atoms with Gasteiger partial charge in [0, 0.05) is 25.4 Å². The quantitative estimate of drug-likeness (QED) is 0.445. The van der Waals surface area contributed by atoms with E-state index in [1.165, 1.54) is 37.2 Å². The number of aromatic carboxylic acids is 1. The maximum Gasteiger partial charge on any atom is 0.339 e. The van der Waals surface area contributed by atoms with Crippen molar-refractivity contribution in [3.05, 3.63) is 70.0 Å². The van der Waals surface area contributed by atoms with Crippen LogP contribution in [-0.4, -0.2) is 38.8 Å². The van der Waals surface area contributed by atoms with E-state index in [0.29, 0.717) is 11.5 Å². The van der Waals surface area contributed by atoms with Crippen LogP contribution in [0.3, 0.4) is 0 Å². The van der Waals surface area contributed by atoms with Gasteiger partial charge in [-0.15, -0.1) is 0 Å². The summed E-state index contributed by atoms with van der Waals surface area (Å²) in [5, 5.41) is 26.7. The lowest BCUT2D eigenvalue weighted by Crippen LogP contribution is -2.16. The number of nitro groups is 1. The minimum Gasteiger partial charge on any atom is -0.497 e. The molecule has 0 aliphatic rings. The highest BCUT2D eigenvalue weighted by atomic mass is 16.6. The van der Waals surface area contributed by atoms with Gasteiger partial charge in [-0.25, -0.2) is 4.79 Å². The van der Waals surface area contributed by atoms with Crippen LogP contribution >= 0.6 is 0 Å². The second-order valence-corrected chi connectivity index (χ2v) is 6.07. The molecule has 0 saturated carbocycles. The van der Waals surface area contributed by atoms with Crippen molar-refractivity contribution in [1.29, 1.82) is 0 Å². The van der Waals surface area contributed by atoms with Crippen LogP contribution in [0.5, 0.6) is 17.2 Å². The minimum absolute atomic E-state index is 0.0414. The van der Waals surface area contributed by atoms with Crippen molar-refractivity contribution in [3.8, 4) is 17.2 Å². The van der Waals surface area contributed by atoms with Gasteiger partial charge in [0.2, 0.25) is 0 Å². The maximum atomic E-state index is 12.5. The van der Waals surface area contributed by atoms with Gasteiger partial charge in [0.15, 0.2) is 5.69 Å². The molecule has 1 heterocycles. The Morgan fingerprint density at radius 3 is 2.40 bits per heavy atom. The lowest BCUT2D eigenvalue weighted by molar-refractivity contribution is -0.384. The summed E-state index contributed by atoms with van der Waals surface area (Å²) in [6.07, 6.45) is 1.18. The lowest BCUT2D eigenvalue weighted by atomic mass is 10.2. The Hall–Kier alpha value is -4.41. The molecule has 0 unspecified atom stereocenters. The Kier molecular flexibility index (Phi) is 5.63. The van der Waals surface area contributed by atoms with Gasteiger partial charge in [-0.1, -0.05) is 0 Å². The number of non-ortho nitro benzene ring substituents is 1. The highest BCUT2D eigenvalue weighted by Gasteiger charge is 2.22. The van der Waals surface area contributed by atoms with Crippen LogP contribution in [0.1, 0.15) is 20.8 Å². The molecular weight excluding hydrogens is 396 g/mol. The number of nitrogens with zero attached hydrogens (tertiary/aromatic N) is 3. The Labute approximate surface area is 169 Å². The molecule has 3 rings (SSSR count). The normalized spacial score (nSPS) is 10.3. The number of ether oxygens (including phenoxy) is 2. The summed E-state index contributed by atoms with van der Waals surface area (Å²) in [5.41, 5.74) is -0.903. The van der Waals surface area contributed by atoms with Gasteiger partial charge in [0.05, 0.1) is 23.8 Å². The molecule has 0 fully saturated rings. The fourth-order valence-electron chi connectivity index (χ4n) is 2.60. The van der Waals surface area contributed by atoms with Gasteiger partial charge in [-0.3, -0.25) is 19.6 Å². The SMILES string of the molecule is COc1ccc(Oc2cc(NC(=O)c3nn(C)cc3C(=O)O)cc([N+](=O)[O-])c2)cc1. The van der Waals surface area contributed by atoms with E-state index < -0.39 is 16.8 Å². The molecule has 11 nitrogen and oxygen atoms in total. The van der Waals surface area contributed by atoms with Gasteiger partial charge in [0.1, 0.15) is 22.8 Å². The average Bonchev–Trinajstić information content (AvgIpc) is 3.10. The van der Waals surface area contributed by atoms with Crippen LogP contribution in [0.25, 0.3) is 0 Å². The molecule has 0 aliphatic heterocycles. The first-order valence-corrected chi connectivity index (χ1v) is 8.46. The Morgan fingerprint density at radius 2 is 1.80 bits per heavy atom. The van der Waals surface area contributed by atoms with Gasteiger partial charge < -0.3 is 19.9 Å². The zero-order chi connectivity index (χ0) is 21.8. The largest absolute Gasteiger partial charge is 0.497 e. The number of carbonyl (C=O) groups is 2. The van der Waals surface area contributed by atoms with E-state index in [-0.39, 0.29) is 28.4 Å². The number of aromatic nitrogens is 2. The molecule has 0 aliphatic carbocycles. The Morgan fingerprint density at radius 1 is 1.13 bits per heavy atom. The van der Waals surface area contributed by atoms with Crippen LogP contribution in [0, 0.1) is 10.1 Å². The Balaban J connectivity index is 1.89. The molecule has 0 bridgehead atoms. The fourth-order valence-corrected chi connectivity index (χ4v) is 2.60. The van der Waals surface area contributed by atoms with E-state index in [0.717, 1.165) is 6.07 Å². The van der Waals surface area contributed by atoms with Gasteiger partial charge in [0.25, 0.3) is 11.6 Å². The monoisotopic (exact) mass is 412 g/mol. The van der Waals surface area contributed by atoms with Crippen molar-refractivity contribution < 1.29 is 29.1 Å². The molecule has 2 N–H and O–H groups in total. The van der Waals surface area contributed by atoms with E-state index in [1.807, 2.05) is 0 Å². The number of aryl methyl sites for hydroxylation is 1. The summed E-state index contributed by atoms with van der Waals surface area (Å²) < 4.78 is 11.9. The summed E-state index contributed by atoms with van der Waals surface area (Å²) in [4.78, 5) is 34.4. The standard InChI is InChI=1S/C19H16N4O7/c1-22-10-16(19(25)26)17(21-22)18(24)20-11-7-12(23(27)28)9-15(8-11)30-14-5-3-13(29-2)4-6-14/h3-10H,1-2H3,(H,20,24)(H,25,26). The van der Waals surface area contributed by atoms with Gasteiger partial charge >= 0.3 is 5.97 Å². The number of hydrogen-bond acceptors (Lipinski definition) is 7. The third-order valence-electron chi connectivity index (χ3n) is 3.93. The molecule has 0 radical (unpaired) electrons. The number of carboxylic acid groups (broad SMARTS) is 1.